The topological polar surface area (TPSA) is 18.5 Å². The van der Waals surface area contributed by atoms with Crippen LogP contribution in [0.4, 0.5) is 0 Å². The Labute approximate surface area is 108 Å². The Balaban J connectivity index is 2.67. The Bertz CT molecular complexity index is 198. The van der Waals surface area contributed by atoms with Crippen molar-refractivity contribution in [2.75, 3.05) is 13.2 Å². The average Bonchev–Trinajstić information content (AvgIpc) is 2.69. The zero-order valence-electron chi connectivity index (χ0n) is 12.2. The highest BCUT2D eigenvalue weighted by Gasteiger charge is 2.45. The second-order valence-corrected chi connectivity index (χ2v) is 11.4. The van der Waals surface area contributed by atoms with Crippen molar-refractivity contribution in [2.45, 2.75) is 64.3 Å². The first-order valence-electron chi connectivity index (χ1n) is 6.83. The van der Waals surface area contributed by atoms with E-state index in [1.165, 1.54) is 0 Å². The van der Waals surface area contributed by atoms with Gasteiger partial charge in [-0.15, -0.1) is 0 Å². The van der Waals surface area contributed by atoms with Gasteiger partial charge in [-0.05, 0) is 29.5 Å². The fourth-order valence-corrected chi connectivity index (χ4v) is 8.73. The maximum absolute atomic E-state index is 6.46. The lowest BCUT2D eigenvalue weighted by molar-refractivity contribution is 0.0763. The third-order valence-electron chi connectivity index (χ3n) is 3.96. The predicted octanol–water partition coefficient (Wildman–Crippen LogP) is 3.99. The SMILES string of the molecule is CC(C)[Si](OCC1[CH][CH]CO1)(C(C)C)C(C)C. The van der Waals surface area contributed by atoms with E-state index in [0.717, 1.165) is 13.2 Å². The van der Waals surface area contributed by atoms with E-state index in [4.69, 9.17) is 9.16 Å². The van der Waals surface area contributed by atoms with E-state index in [1.807, 2.05) is 0 Å². The third kappa shape index (κ3) is 3.33. The molecule has 1 heterocycles. The van der Waals surface area contributed by atoms with Crippen LogP contribution >= 0.6 is 0 Å². The number of hydrogen-bond donors (Lipinski definition) is 0. The van der Waals surface area contributed by atoms with Crippen LogP contribution in [0.1, 0.15) is 41.5 Å². The molecular weight excluding hydrogens is 228 g/mol. The monoisotopic (exact) mass is 256 g/mol. The fraction of sp³-hybridized carbons (Fsp3) is 0.857. The van der Waals surface area contributed by atoms with Crippen molar-refractivity contribution in [3.63, 3.8) is 0 Å². The first-order valence-corrected chi connectivity index (χ1v) is 8.97. The predicted molar refractivity (Wildman–Crippen MR) is 75.3 cm³/mol. The summed E-state index contributed by atoms with van der Waals surface area (Å²) >= 11 is 0. The van der Waals surface area contributed by atoms with E-state index in [1.54, 1.807) is 0 Å². The van der Waals surface area contributed by atoms with Crippen molar-refractivity contribution in [1.29, 1.82) is 0 Å². The van der Waals surface area contributed by atoms with Gasteiger partial charge in [0.15, 0.2) is 8.32 Å². The molecule has 0 saturated carbocycles. The summed E-state index contributed by atoms with van der Waals surface area (Å²) in [6.07, 6.45) is 4.38. The highest BCUT2D eigenvalue weighted by atomic mass is 28.4. The molecule has 2 nitrogen and oxygen atoms in total. The molecule has 0 N–H and O–H groups in total. The number of hydrogen-bond acceptors (Lipinski definition) is 2. The van der Waals surface area contributed by atoms with Crippen molar-refractivity contribution >= 4 is 8.32 Å². The lowest BCUT2D eigenvalue weighted by Crippen LogP contribution is -2.49. The van der Waals surface area contributed by atoms with Gasteiger partial charge in [-0.2, -0.15) is 0 Å². The summed E-state index contributed by atoms with van der Waals surface area (Å²) in [5.41, 5.74) is 1.94. The van der Waals surface area contributed by atoms with Gasteiger partial charge in [0.1, 0.15) is 0 Å². The molecule has 100 valence electrons. The molecule has 1 fully saturated rings. The molecule has 1 atom stereocenters. The molecule has 1 aliphatic rings. The van der Waals surface area contributed by atoms with Crippen LogP contribution in [0.25, 0.3) is 0 Å². The van der Waals surface area contributed by atoms with Crippen LogP contribution in [0.3, 0.4) is 0 Å². The van der Waals surface area contributed by atoms with Crippen molar-refractivity contribution in [2.24, 2.45) is 0 Å². The minimum absolute atomic E-state index is 0.179. The normalized spacial score (nSPS) is 22.1. The Hall–Kier alpha value is 0.137. The molecule has 1 unspecified atom stereocenters. The third-order valence-corrected chi connectivity index (χ3v) is 10.0. The van der Waals surface area contributed by atoms with Gasteiger partial charge in [-0.1, -0.05) is 41.5 Å². The van der Waals surface area contributed by atoms with Crippen molar-refractivity contribution in [3.05, 3.63) is 12.8 Å². The van der Waals surface area contributed by atoms with Gasteiger partial charge in [0.2, 0.25) is 0 Å². The summed E-state index contributed by atoms with van der Waals surface area (Å²) in [4.78, 5) is 0. The standard InChI is InChI=1S/C14H28O2Si/c1-11(2)17(12(3)4,13(5)6)16-10-14-8-7-9-15-14/h7-8,11-14H,9-10H2,1-6H3. The van der Waals surface area contributed by atoms with E-state index in [0.29, 0.717) is 16.6 Å². The summed E-state index contributed by atoms with van der Waals surface area (Å²) < 4.78 is 12.0. The zero-order valence-corrected chi connectivity index (χ0v) is 13.2. The van der Waals surface area contributed by atoms with E-state index in [-0.39, 0.29) is 6.10 Å². The van der Waals surface area contributed by atoms with Gasteiger partial charge in [-0.3, -0.25) is 0 Å². The number of ether oxygens (including phenoxy) is 1. The van der Waals surface area contributed by atoms with E-state index in [2.05, 4.69) is 54.4 Å². The van der Waals surface area contributed by atoms with Gasteiger partial charge < -0.3 is 9.16 Å². The van der Waals surface area contributed by atoms with Gasteiger partial charge in [0.05, 0.1) is 19.3 Å². The van der Waals surface area contributed by atoms with Gasteiger partial charge in [0, 0.05) is 0 Å². The Morgan fingerprint density at radius 1 is 1.12 bits per heavy atom. The van der Waals surface area contributed by atoms with Crippen molar-refractivity contribution in [3.8, 4) is 0 Å². The van der Waals surface area contributed by atoms with Crippen LogP contribution < -0.4 is 0 Å². The first-order chi connectivity index (χ1) is 7.91. The number of rotatable bonds is 6. The Kier molecular flexibility index (Phi) is 5.67. The minimum atomic E-state index is -1.71. The molecule has 0 aromatic carbocycles. The molecule has 3 heteroatoms. The van der Waals surface area contributed by atoms with Crippen LogP contribution in [0.2, 0.25) is 16.6 Å². The van der Waals surface area contributed by atoms with E-state index < -0.39 is 8.32 Å². The first kappa shape index (κ1) is 15.2. The molecule has 0 bridgehead atoms. The smallest absolute Gasteiger partial charge is 0.200 e. The molecule has 1 aliphatic heterocycles. The quantitative estimate of drug-likeness (QED) is 0.669. The largest absolute Gasteiger partial charge is 0.413 e. The summed E-state index contributed by atoms with van der Waals surface area (Å²) in [5, 5.41) is 0. The second-order valence-electron chi connectivity index (χ2n) is 5.93. The summed E-state index contributed by atoms with van der Waals surface area (Å²) in [6, 6.07) is 0. The molecule has 1 saturated heterocycles. The lowest BCUT2D eigenvalue weighted by Gasteiger charge is -2.42. The summed E-state index contributed by atoms with van der Waals surface area (Å²) in [6.45, 7) is 15.4. The van der Waals surface area contributed by atoms with Crippen LogP contribution in [-0.4, -0.2) is 27.6 Å². The van der Waals surface area contributed by atoms with Crippen molar-refractivity contribution < 1.29 is 9.16 Å². The van der Waals surface area contributed by atoms with Gasteiger partial charge in [-0.25, -0.2) is 0 Å². The van der Waals surface area contributed by atoms with E-state index in [9.17, 15) is 0 Å². The van der Waals surface area contributed by atoms with Gasteiger partial charge >= 0.3 is 0 Å². The van der Waals surface area contributed by atoms with Crippen LogP contribution in [0, 0.1) is 12.8 Å². The van der Waals surface area contributed by atoms with Crippen molar-refractivity contribution in [1.82, 2.24) is 0 Å². The van der Waals surface area contributed by atoms with Crippen LogP contribution in [0.5, 0.6) is 0 Å². The average molecular weight is 256 g/mol. The second kappa shape index (κ2) is 6.35. The summed E-state index contributed by atoms with van der Waals surface area (Å²) in [7, 11) is -1.71. The molecule has 0 spiro atoms. The lowest BCUT2D eigenvalue weighted by atomic mass is 10.2. The van der Waals surface area contributed by atoms with Crippen LogP contribution in [-0.2, 0) is 9.16 Å². The Morgan fingerprint density at radius 3 is 2.00 bits per heavy atom. The molecule has 0 aromatic heterocycles. The molecule has 0 amide bonds. The van der Waals surface area contributed by atoms with Crippen LogP contribution in [0.15, 0.2) is 0 Å². The van der Waals surface area contributed by atoms with E-state index >= 15 is 0 Å². The molecule has 0 aliphatic carbocycles. The highest BCUT2D eigenvalue weighted by Crippen LogP contribution is 2.42. The fourth-order valence-electron chi connectivity index (χ4n) is 3.27. The maximum Gasteiger partial charge on any atom is 0.200 e. The summed E-state index contributed by atoms with van der Waals surface area (Å²) in [5.74, 6) is 0. The molecule has 17 heavy (non-hydrogen) atoms. The highest BCUT2D eigenvalue weighted by molar-refractivity contribution is 6.77. The minimum Gasteiger partial charge on any atom is -0.413 e. The van der Waals surface area contributed by atoms with Gasteiger partial charge in [0.25, 0.3) is 0 Å². The molecule has 0 aromatic rings. The maximum atomic E-state index is 6.46. The Morgan fingerprint density at radius 2 is 1.65 bits per heavy atom. The zero-order chi connectivity index (χ0) is 13.1. The molecule has 1 rings (SSSR count). The molecule has 2 radical (unpaired) electrons. The molecular formula is C14H28O2Si.